The van der Waals surface area contributed by atoms with Gasteiger partial charge in [-0.1, -0.05) is 6.92 Å². The lowest BCUT2D eigenvalue weighted by Crippen LogP contribution is -2.36. The molecule has 112 valence electrons. The maximum absolute atomic E-state index is 11.6. The summed E-state index contributed by atoms with van der Waals surface area (Å²) >= 11 is 0. The lowest BCUT2D eigenvalue weighted by molar-refractivity contribution is 0.571. The average Bonchev–Trinajstić information content (AvgIpc) is 2.63. The normalized spacial score (nSPS) is 24.6. The summed E-state index contributed by atoms with van der Waals surface area (Å²) in [4.78, 5) is 8.86. The fourth-order valence-electron chi connectivity index (χ4n) is 2.44. The predicted octanol–water partition coefficient (Wildman–Crippen LogP) is 1.46. The third kappa shape index (κ3) is 3.59. The zero-order valence-electron chi connectivity index (χ0n) is 12.2. The van der Waals surface area contributed by atoms with Crippen molar-refractivity contribution in [2.45, 2.75) is 38.6 Å². The number of aryl methyl sites for hydroxylation is 1. The summed E-state index contributed by atoms with van der Waals surface area (Å²) in [5, 5.41) is 6.29. The second kappa shape index (κ2) is 5.55. The Balaban J connectivity index is 2.22. The molecule has 1 aromatic heterocycles. The maximum atomic E-state index is 11.6. The molecular weight excluding hydrogens is 276 g/mol. The number of nitrogens with one attached hydrogen (secondary N) is 2. The van der Waals surface area contributed by atoms with E-state index in [1.807, 2.05) is 20.0 Å². The highest BCUT2D eigenvalue weighted by molar-refractivity contribution is 7.91. The van der Waals surface area contributed by atoms with Crippen LogP contribution in [0.5, 0.6) is 0 Å². The van der Waals surface area contributed by atoms with Crippen LogP contribution in [0, 0.1) is 0 Å². The van der Waals surface area contributed by atoms with E-state index in [-0.39, 0.29) is 11.5 Å². The van der Waals surface area contributed by atoms with Crippen LogP contribution in [-0.4, -0.2) is 42.5 Å². The van der Waals surface area contributed by atoms with E-state index in [1.54, 1.807) is 0 Å². The highest BCUT2D eigenvalue weighted by atomic mass is 32.2. The van der Waals surface area contributed by atoms with E-state index in [4.69, 9.17) is 0 Å². The van der Waals surface area contributed by atoms with E-state index in [0.717, 1.165) is 24.5 Å². The van der Waals surface area contributed by atoms with Crippen LogP contribution in [0.3, 0.4) is 0 Å². The van der Waals surface area contributed by atoms with Gasteiger partial charge in [0.25, 0.3) is 0 Å². The van der Waals surface area contributed by atoms with Crippen LogP contribution in [0.1, 0.15) is 32.5 Å². The van der Waals surface area contributed by atoms with E-state index in [2.05, 4.69) is 27.5 Å². The molecule has 0 aromatic carbocycles. The van der Waals surface area contributed by atoms with Gasteiger partial charge in [-0.3, -0.25) is 0 Å². The number of sulfone groups is 1. The molecule has 0 saturated carbocycles. The first-order chi connectivity index (χ1) is 9.36. The summed E-state index contributed by atoms with van der Waals surface area (Å²) in [6.07, 6.45) is 2.38. The number of aromatic nitrogens is 2. The smallest absolute Gasteiger partial charge is 0.152 e. The topological polar surface area (TPSA) is 84.0 Å². The van der Waals surface area contributed by atoms with Crippen LogP contribution in [-0.2, 0) is 16.3 Å². The lowest BCUT2D eigenvalue weighted by Gasteiger charge is -2.25. The van der Waals surface area contributed by atoms with Gasteiger partial charge in [0, 0.05) is 19.5 Å². The van der Waals surface area contributed by atoms with Gasteiger partial charge < -0.3 is 10.6 Å². The van der Waals surface area contributed by atoms with Crippen molar-refractivity contribution < 1.29 is 8.42 Å². The second-order valence-electron chi connectivity index (χ2n) is 5.58. The van der Waals surface area contributed by atoms with Crippen LogP contribution in [0.2, 0.25) is 0 Å². The maximum Gasteiger partial charge on any atom is 0.152 e. The van der Waals surface area contributed by atoms with E-state index < -0.39 is 15.4 Å². The molecule has 20 heavy (non-hydrogen) atoms. The molecule has 0 aliphatic carbocycles. The molecule has 1 unspecified atom stereocenters. The zero-order valence-corrected chi connectivity index (χ0v) is 13.0. The third-order valence-corrected chi connectivity index (χ3v) is 5.34. The molecule has 7 heteroatoms. The van der Waals surface area contributed by atoms with E-state index in [0.29, 0.717) is 12.2 Å². The van der Waals surface area contributed by atoms with Crippen molar-refractivity contribution in [1.82, 2.24) is 9.97 Å². The molecule has 2 rings (SSSR count). The summed E-state index contributed by atoms with van der Waals surface area (Å²) in [5.74, 6) is 2.60. The standard InChI is InChI=1S/C13H22N4O2S/c1-4-5-10-15-11(14-3)8-12(16-10)17-13(2)6-7-20(18,19)9-13/h8H,4-7,9H2,1-3H3,(H2,14,15,16,17). The molecule has 2 N–H and O–H groups in total. The Bertz CT molecular complexity index is 588. The van der Waals surface area contributed by atoms with Crippen molar-refractivity contribution in [2.75, 3.05) is 29.2 Å². The average molecular weight is 298 g/mol. The number of hydrogen-bond acceptors (Lipinski definition) is 6. The first kappa shape index (κ1) is 15.0. The summed E-state index contributed by atoms with van der Waals surface area (Å²) < 4.78 is 23.3. The Morgan fingerprint density at radius 2 is 2.05 bits per heavy atom. The minimum atomic E-state index is -2.93. The predicted molar refractivity (Wildman–Crippen MR) is 80.9 cm³/mol. The Kier molecular flexibility index (Phi) is 4.17. The molecule has 0 spiro atoms. The SMILES string of the molecule is CCCc1nc(NC)cc(NC2(C)CCS(=O)(=O)C2)n1. The van der Waals surface area contributed by atoms with E-state index >= 15 is 0 Å². The fourth-order valence-corrected chi connectivity index (χ4v) is 4.54. The Hall–Kier alpha value is -1.37. The van der Waals surface area contributed by atoms with Gasteiger partial charge in [-0.15, -0.1) is 0 Å². The van der Waals surface area contributed by atoms with Gasteiger partial charge in [0.1, 0.15) is 17.5 Å². The summed E-state index contributed by atoms with van der Waals surface area (Å²) in [7, 11) is -1.12. The van der Waals surface area contributed by atoms with Crippen molar-refractivity contribution in [3.05, 3.63) is 11.9 Å². The molecule has 1 fully saturated rings. The van der Waals surface area contributed by atoms with Gasteiger partial charge in [-0.2, -0.15) is 0 Å². The highest BCUT2D eigenvalue weighted by Gasteiger charge is 2.38. The Labute approximate surface area is 120 Å². The van der Waals surface area contributed by atoms with Gasteiger partial charge >= 0.3 is 0 Å². The number of anilines is 2. The zero-order chi connectivity index (χ0) is 14.8. The molecule has 0 amide bonds. The third-order valence-electron chi connectivity index (χ3n) is 3.44. The van der Waals surface area contributed by atoms with Crippen molar-refractivity contribution in [2.24, 2.45) is 0 Å². The van der Waals surface area contributed by atoms with Gasteiger partial charge in [-0.05, 0) is 19.8 Å². The van der Waals surface area contributed by atoms with Crippen molar-refractivity contribution in [3.63, 3.8) is 0 Å². The molecule has 0 bridgehead atoms. The van der Waals surface area contributed by atoms with Crippen molar-refractivity contribution in [1.29, 1.82) is 0 Å². The quantitative estimate of drug-likeness (QED) is 0.856. The lowest BCUT2D eigenvalue weighted by atomic mass is 10.0. The first-order valence-corrected chi connectivity index (χ1v) is 8.72. The van der Waals surface area contributed by atoms with Crippen LogP contribution < -0.4 is 10.6 Å². The van der Waals surface area contributed by atoms with Crippen LogP contribution in [0.15, 0.2) is 6.07 Å². The second-order valence-corrected chi connectivity index (χ2v) is 7.77. The van der Waals surface area contributed by atoms with Crippen LogP contribution in [0.4, 0.5) is 11.6 Å². The first-order valence-electron chi connectivity index (χ1n) is 6.90. The van der Waals surface area contributed by atoms with E-state index in [9.17, 15) is 8.42 Å². The Morgan fingerprint density at radius 1 is 1.35 bits per heavy atom. The van der Waals surface area contributed by atoms with Crippen LogP contribution >= 0.6 is 0 Å². The minimum Gasteiger partial charge on any atom is -0.373 e. The molecular formula is C13H22N4O2S. The number of hydrogen-bond donors (Lipinski definition) is 2. The molecule has 1 aromatic rings. The number of nitrogens with zero attached hydrogens (tertiary/aromatic N) is 2. The molecule has 1 atom stereocenters. The molecule has 1 saturated heterocycles. The summed E-state index contributed by atoms with van der Waals surface area (Å²) in [6, 6.07) is 1.81. The summed E-state index contributed by atoms with van der Waals surface area (Å²) in [5.41, 5.74) is -0.443. The highest BCUT2D eigenvalue weighted by Crippen LogP contribution is 2.27. The van der Waals surface area contributed by atoms with Gasteiger partial charge in [0.05, 0.1) is 17.0 Å². The minimum absolute atomic E-state index is 0.155. The Morgan fingerprint density at radius 3 is 2.60 bits per heavy atom. The summed E-state index contributed by atoms with van der Waals surface area (Å²) in [6.45, 7) is 4.01. The molecule has 0 radical (unpaired) electrons. The molecule has 1 aliphatic heterocycles. The van der Waals surface area contributed by atoms with Gasteiger partial charge in [0.15, 0.2) is 9.84 Å². The van der Waals surface area contributed by atoms with Gasteiger partial charge in [0.2, 0.25) is 0 Å². The van der Waals surface area contributed by atoms with E-state index in [1.165, 1.54) is 0 Å². The largest absolute Gasteiger partial charge is 0.373 e. The van der Waals surface area contributed by atoms with Crippen molar-refractivity contribution >= 4 is 21.5 Å². The van der Waals surface area contributed by atoms with Crippen molar-refractivity contribution in [3.8, 4) is 0 Å². The van der Waals surface area contributed by atoms with Gasteiger partial charge in [-0.25, -0.2) is 18.4 Å². The monoisotopic (exact) mass is 298 g/mol. The molecule has 2 heterocycles. The fraction of sp³-hybridized carbons (Fsp3) is 0.692. The number of rotatable bonds is 5. The molecule has 1 aliphatic rings. The molecule has 6 nitrogen and oxygen atoms in total. The van der Waals surface area contributed by atoms with Crippen LogP contribution in [0.25, 0.3) is 0 Å².